The predicted molar refractivity (Wildman–Crippen MR) is 184 cm³/mol. The maximum Gasteiger partial charge on any atom is 0.238 e. The van der Waals surface area contributed by atoms with E-state index in [1.54, 1.807) is 36.4 Å². The van der Waals surface area contributed by atoms with Crippen molar-refractivity contribution in [2.45, 2.75) is 24.2 Å². The number of carbonyl (C=O) groups is 4. The van der Waals surface area contributed by atoms with Crippen LogP contribution in [0, 0.1) is 23.7 Å². The van der Waals surface area contributed by atoms with Gasteiger partial charge in [-0.1, -0.05) is 109 Å². The van der Waals surface area contributed by atoms with E-state index in [9.17, 15) is 19.5 Å². The molecule has 4 aliphatic rings. The maximum atomic E-state index is 15.0. The van der Waals surface area contributed by atoms with Gasteiger partial charge in [-0.25, -0.2) is 0 Å². The first-order valence-corrected chi connectivity index (χ1v) is 16.3. The molecule has 1 N–H and O–H groups in total. The summed E-state index contributed by atoms with van der Waals surface area (Å²) in [5, 5.41) is 10.7. The molecular formula is C42H33NO5. The SMILES string of the molecule is C=Cc1ccc(N2C(=O)C3CC=C4C(CC5C(=O)C(c6ccccc6)=CC(=O)C5(c5ccccc5)C4c4cccc(O)c4)C3C2=O)cc1. The second-order valence-electron chi connectivity index (χ2n) is 13.2. The minimum atomic E-state index is -1.33. The number of carbonyl (C=O) groups excluding carboxylic acids is 4. The number of hydrogen-bond donors (Lipinski definition) is 1. The number of rotatable bonds is 5. The van der Waals surface area contributed by atoms with Crippen LogP contribution in [0.15, 0.2) is 133 Å². The van der Waals surface area contributed by atoms with E-state index in [2.05, 4.69) is 6.58 Å². The number of imide groups is 1. The first-order chi connectivity index (χ1) is 23.3. The van der Waals surface area contributed by atoms with Gasteiger partial charge in [0.15, 0.2) is 11.6 Å². The number of anilines is 1. The molecule has 6 nitrogen and oxygen atoms in total. The number of fused-ring (bicyclic) bond motifs is 4. The number of benzene rings is 4. The van der Waals surface area contributed by atoms with E-state index in [4.69, 9.17) is 0 Å². The standard InChI is InChI=1S/C42H33NO5/c1-2-25-16-18-29(19-17-25)43-40(47)32-21-20-31-34(37(32)41(43)48)23-35-39(46)33(26-10-5-3-6-11-26)24-36(45)42(35,28-13-7-4-8-14-28)38(31)27-12-9-15-30(44)22-27/h2-20,22,24,32,34-35,37-38,44H,1,21,23H2. The van der Waals surface area contributed by atoms with Crippen molar-refractivity contribution in [2.24, 2.45) is 23.7 Å². The summed E-state index contributed by atoms with van der Waals surface area (Å²) in [4.78, 5) is 59.7. The molecule has 1 aliphatic heterocycles. The maximum absolute atomic E-state index is 15.0. The molecule has 4 aromatic rings. The zero-order valence-corrected chi connectivity index (χ0v) is 26.2. The quantitative estimate of drug-likeness (QED) is 0.188. The molecular weight excluding hydrogens is 598 g/mol. The molecule has 236 valence electrons. The average molecular weight is 632 g/mol. The summed E-state index contributed by atoms with van der Waals surface area (Å²) in [6.07, 6.45) is 5.80. The van der Waals surface area contributed by atoms with Crippen molar-refractivity contribution in [1.82, 2.24) is 0 Å². The van der Waals surface area contributed by atoms with Crippen LogP contribution in [0.1, 0.15) is 41.0 Å². The van der Waals surface area contributed by atoms with Crippen molar-refractivity contribution >= 4 is 40.7 Å². The summed E-state index contributed by atoms with van der Waals surface area (Å²) in [5.74, 6) is -4.10. The van der Waals surface area contributed by atoms with Gasteiger partial charge >= 0.3 is 0 Å². The van der Waals surface area contributed by atoms with Gasteiger partial charge in [0.05, 0.1) is 22.9 Å². The summed E-state index contributed by atoms with van der Waals surface area (Å²) in [6.45, 7) is 3.80. The number of nitrogens with zero attached hydrogens (tertiary/aromatic N) is 1. The largest absolute Gasteiger partial charge is 0.508 e. The molecule has 0 spiro atoms. The minimum Gasteiger partial charge on any atom is -0.508 e. The normalized spacial score (nSPS) is 27.8. The predicted octanol–water partition coefficient (Wildman–Crippen LogP) is 7.06. The highest BCUT2D eigenvalue weighted by Gasteiger charge is 2.66. The van der Waals surface area contributed by atoms with E-state index < -0.39 is 35.0 Å². The van der Waals surface area contributed by atoms with Crippen LogP contribution in [0.5, 0.6) is 5.75 Å². The first kappa shape index (κ1) is 29.8. The smallest absolute Gasteiger partial charge is 0.238 e. The molecule has 48 heavy (non-hydrogen) atoms. The molecule has 8 rings (SSSR count). The number of phenols is 1. The van der Waals surface area contributed by atoms with Gasteiger partial charge in [0, 0.05) is 17.4 Å². The fraction of sp³-hybridized carbons (Fsp3) is 0.190. The Morgan fingerprint density at radius 3 is 2.19 bits per heavy atom. The number of hydrogen-bond acceptors (Lipinski definition) is 5. The fourth-order valence-electron chi connectivity index (χ4n) is 8.97. The zero-order valence-electron chi connectivity index (χ0n) is 26.2. The Hall–Kier alpha value is -5.62. The molecule has 4 aromatic carbocycles. The number of aromatic hydroxyl groups is 1. The van der Waals surface area contributed by atoms with Gasteiger partial charge in [0.1, 0.15) is 5.75 Å². The molecule has 1 heterocycles. The second-order valence-corrected chi connectivity index (χ2v) is 13.2. The third kappa shape index (κ3) is 4.25. The van der Waals surface area contributed by atoms with Crippen molar-refractivity contribution in [3.05, 3.63) is 156 Å². The molecule has 6 atom stereocenters. The number of phenolic OH excluding ortho intramolecular Hbond substituents is 1. The molecule has 0 aromatic heterocycles. The van der Waals surface area contributed by atoms with E-state index in [0.717, 1.165) is 11.1 Å². The first-order valence-electron chi connectivity index (χ1n) is 16.3. The molecule has 1 saturated heterocycles. The van der Waals surface area contributed by atoms with Crippen molar-refractivity contribution in [2.75, 3.05) is 4.90 Å². The molecule has 6 heteroatoms. The Labute approximate surface area is 278 Å². The number of allylic oxidation sites excluding steroid dienone is 4. The van der Waals surface area contributed by atoms with Gasteiger partial charge in [0.2, 0.25) is 11.8 Å². The molecule has 2 fully saturated rings. The summed E-state index contributed by atoms with van der Waals surface area (Å²) in [6, 6.07) is 32.7. The Balaban J connectivity index is 1.34. The highest BCUT2D eigenvalue weighted by atomic mass is 16.3. The summed E-state index contributed by atoms with van der Waals surface area (Å²) < 4.78 is 0. The van der Waals surface area contributed by atoms with Gasteiger partial charge < -0.3 is 5.11 Å². The van der Waals surface area contributed by atoms with Crippen LogP contribution in [-0.2, 0) is 24.6 Å². The Morgan fingerprint density at radius 2 is 1.50 bits per heavy atom. The monoisotopic (exact) mass is 631 g/mol. The third-order valence-corrected chi connectivity index (χ3v) is 11.0. The van der Waals surface area contributed by atoms with E-state index in [1.165, 1.54) is 11.0 Å². The zero-order chi connectivity index (χ0) is 33.2. The highest BCUT2D eigenvalue weighted by molar-refractivity contribution is 6.32. The summed E-state index contributed by atoms with van der Waals surface area (Å²) >= 11 is 0. The van der Waals surface area contributed by atoms with Crippen molar-refractivity contribution in [3.63, 3.8) is 0 Å². The van der Waals surface area contributed by atoms with Crippen LogP contribution in [0.25, 0.3) is 11.6 Å². The van der Waals surface area contributed by atoms with Crippen molar-refractivity contribution < 1.29 is 24.3 Å². The van der Waals surface area contributed by atoms with Crippen LogP contribution in [-0.4, -0.2) is 28.5 Å². The van der Waals surface area contributed by atoms with Crippen LogP contribution in [0.2, 0.25) is 0 Å². The molecule has 1 saturated carbocycles. The Morgan fingerprint density at radius 1 is 0.792 bits per heavy atom. The van der Waals surface area contributed by atoms with Crippen LogP contribution in [0.4, 0.5) is 5.69 Å². The van der Waals surface area contributed by atoms with Gasteiger partial charge in [-0.2, -0.15) is 0 Å². The molecule has 6 unspecified atom stereocenters. The van der Waals surface area contributed by atoms with Gasteiger partial charge in [-0.3, -0.25) is 24.1 Å². The lowest BCUT2D eigenvalue weighted by Crippen LogP contribution is -2.58. The van der Waals surface area contributed by atoms with Gasteiger partial charge in [0.25, 0.3) is 0 Å². The number of ketones is 2. The van der Waals surface area contributed by atoms with Crippen LogP contribution >= 0.6 is 0 Å². The second kappa shape index (κ2) is 11.3. The van der Waals surface area contributed by atoms with E-state index >= 15 is 4.79 Å². The lowest BCUT2D eigenvalue weighted by molar-refractivity contribution is -0.135. The lowest BCUT2D eigenvalue weighted by Gasteiger charge is -2.55. The van der Waals surface area contributed by atoms with Crippen LogP contribution in [0.3, 0.4) is 0 Å². The van der Waals surface area contributed by atoms with E-state index in [1.807, 2.05) is 84.9 Å². The fourth-order valence-corrected chi connectivity index (χ4v) is 8.97. The molecule has 0 bridgehead atoms. The van der Waals surface area contributed by atoms with E-state index in [0.29, 0.717) is 34.4 Å². The highest BCUT2D eigenvalue weighted by Crippen LogP contribution is 2.63. The lowest BCUT2D eigenvalue weighted by atomic mass is 9.44. The van der Waals surface area contributed by atoms with Crippen LogP contribution < -0.4 is 4.90 Å². The van der Waals surface area contributed by atoms with Crippen molar-refractivity contribution in [3.8, 4) is 5.75 Å². The summed E-state index contributed by atoms with van der Waals surface area (Å²) in [5.41, 5.74) is 3.33. The number of Topliss-reactive ketones (excluding diaryl/α,β-unsaturated/α-hetero) is 1. The number of amides is 2. The van der Waals surface area contributed by atoms with Gasteiger partial charge in [-0.15, -0.1) is 0 Å². The van der Waals surface area contributed by atoms with Crippen molar-refractivity contribution in [1.29, 1.82) is 0 Å². The third-order valence-electron chi connectivity index (χ3n) is 11.0. The summed E-state index contributed by atoms with van der Waals surface area (Å²) in [7, 11) is 0. The Kier molecular flexibility index (Phi) is 6.99. The van der Waals surface area contributed by atoms with Gasteiger partial charge in [-0.05, 0) is 71.4 Å². The Bertz CT molecular complexity index is 2060. The molecule has 3 aliphatic carbocycles. The molecule has 2 amide bonds. The average Bonchev–Trinajstić information content (AvgIpc) is 3.38. The van der Waals surface area contributed by atoms with E-state index in [-0.39, 0.29) is 35.6 Å². The topological polar surface area (TPSA) is 91.8 Å². The molecule has 0 radical (unpaired) electrons. The minimum absolute atomic E-state index is 0.0417.